The summed E-state index contributed by atoms with van der Waals surface area (Å²) in [7, 11) is 0. The van der Waals surface area contributed by atoms with Gasteiger partial charge in [-0.15, -0.1) is 6.58 Å². The Kier molecular flexibility index (Phi) is 10.3. The monoisotopic (exact) mass is 470 g/mol. The number of hydrogen-bond donors (Lipinski definition) is 2. The van der Waals surface area contributed by atoms with Gasteiger partial charge in [0.05, 0.1) is 6.54 Å². The Balaban J connectivity index is 1.43. The van der Waals surface area contributed by atoms with Crippen LogP contribution >= 0.6 is 0 Å². The van der Waals surface area contributed by atoms with E-state index in [1.54, 1.807) is 6.07 Å². The van der Waals surface area contributed by atoms with E-state index in [2.05, 4.69) is 23.8 Å². The summed E-state index contributed by atoms with van der Waals surface area (Å²) in [5.74, 6) is -0.0448. The molecule has 0 aliphatic heterocycles. The molecule has 1 unspecified atom stereocenters. The number of benzene rings is 3. The highest BCUT2D eigenvalue weighted by Gasteiger charge is 2.13. The Morgan fingerprint density at radius 2 is 1.60 bits per heavy atom. The third kappa shape index (κ3) is 8.90. The van der Waals surface area contributed by atoms with Crippen LogP contribution in [-0.4, -0.2) is 12.5 Å². The lowest BCUT2D eigenvalue weighted by Crippen LogP contribution is -2.34. The van der Waals surface area contributed by atoms with E-state index in [1.165, 1.54) is 0 Å². The van der Waals surface area contributed by atoms with Crippen molar-refractivity contribution in [3.05, 3.63) is 132 Å². The molecular formula is C31H35FN2O. The van der Waals surface area contributed by atoms with E-state index in [0.717, 1.165) is 48.1 Å². The predicted octanol–water partition coefficient (Wildman–Crippen LogP) is 6.35. The van der Waals surface area contributed by atoms with E-state index >= 15 is 0 Å². The highest BCUT2D eigenvalue weighted by Crippen LogP contribution is 2.21. The maximum atomic E-state index is 14.6. The van der Waals surface area contributed by atoms with Gasteiger partial charge in [0, 0.05) is 24.6 Å². The van der Waals surface area contributed by atoms with Crippen LogP contribution in [0.5, 0.6) is 0 Å². The number of rotatable bonds is 14. The molecule has 0 saturated carbocycles. The van der Waals surface area contributed by atoms with Gasteiger partial charge < -0.3 is 10.6 Å². The smallest absolute Gasteiger partial charge is 0.239 e. The van der Waals surface area contributed by atoms with Crippen molar-refractivity contribution in [2.75, 3.05) is 6.54 Å². The van der Waals surface area contributed by atoms with E-state index in [9.17, 15) is 9.18 Å². The molecule has 182 valence electrons. The van der Waals surface area contributed by atoms with E-state index < -0.39 is 0 Å². The second-order valence-corrected chi connectivity index (χ2v) is 8.84. The van der Waals surface area contributed by atoms with Crippen LogP contribution in [0, 0.1) is 11.7 Å². The van der Waals surface area contributed by atoms with Crippen LogP contribution in [0.3, 0.4) is 0 Å². The SMILES string of the molecule is C=CCC(CCCc1ccc(Cc2ccccc2)c(F)c1)C(=C)NCC(=O)NCc1ccccc1. The van der Waals surface area contributed by atoms with Gasteiger partial charge in [0.1, 0.15) is 5.82 Å². The van der Waals surface area contributed by atoms with Crippen LogP contribution in [0.1, 0.15) is 41.5 Å². The average molecular weight is 471 g/mol. The zero-order valence-electron chi connectivity index (χ0n) is 20.3. The Morgan fingerprint density at radius 3 is 2.26 bits per heavy atom. The minimum Gasteiger partial charge on any atom is -0.380 e. The number of amides is 1. The van der Waals surface area contributed by atoms with Crippen LogP contribution in [-0.2, 0) is 24.2 Å². The van der Waals surface area contributed by atoms with Gasteiger partial charge in [0.2, 0.25) is 5.91 Å². The Labute approximate surface area is 208 Å². The average Bonchev–Trinajstić information content (AvgIpc) is 2.88. The van der Waals surface area contributed by atoms with Gasteiger partial charge in [-0.3, -0.25) is 4.79 Å². The fraction of sp³-hybridized carbons (Fsp3) is 0.258. The summed E-state index contributed by atoms with van der Waals surface area (Å²) in [6, 6.07) is 25.3. The minimum absolute atomic E-state index is 0.0709. The number of carbonyl (C=O) groups is 1. The number of aryl methyl sites for hydroxylation is 1. The van der Waals surface area contributed by atoms with E-state index in [-0.39, 0.29) is 24.2 Å². The minimum atomic E-state index is -0.151. The molecule has 0 aliphatic carbocycles. The summed E-state index contributed by atoms with van der Waals surface area (Å²) in [5, 5.41) is 6.09. The maximum Gasteiger partial charge on any atom is 0.239 e. The molecule has 0 bridgehead atoms. The Morgan fingerprint density at radius 1 is 0.914 bits per heavy atom. The summed E-state index contributed by atoms with van der Waals surface area (Å²) >= 11 is 0. The zero-order chi connectivity index (χ0) is 24.9. The molecule has 0 aliphatic rings. The topological polar surface area (TPSA) is 41.1 Å². The number of nitrogens with one attached hydrogen (secondary N) is 2. The molecule has 35 heavy (non-hydrogen) atoms. The van der Waals surface area contributed by atoms with Gasteiger partial charge >= 0.3 is 0 Å². The Bertz CT molecular complexity index is 1100. The van der Waals surface area contributed by atoms with Gasteiger partial charge in [-0.05, 0) is 54.0 Å². The number of hydrogen-bond acceptors (Lipinski definition) is 2. The van der Waals surface area contributed by atoms with E-state index in [1.807, 2.05) is 78.9 Å². The molecule has 1 atom stereocenters. The molecule has 0 saturated heterocycles. The second-order valence-electron chi connectivity index (χ2n) is 8.84. The summed E-state index contributed by atoms with van der Waals surface area (Å²) in [6.45, 7) is 8.71. The molecule has 3 aromatic rings. The first-order chi connectivity index (χ1) is 17.0. The molecule has 0 aromatic heterocycles. The van der Waals surface area contributed by atoms with Crippen LogP contribution in [0.2, 0.25) is 0 Å². The summed E-state index contributed by atoms with van der Waals surface area (Å²) < 4.78 is 14.6. The highest BCUT2D eigenvalue weighted by atomic mass is 19.1. The lowest BCUT2D eigenvalue weighted by Gasteiger charge is -2.20. The Hall–Kier alpha value is -3.66. The van der Waals surface area contributed by atoms with Crippen molar-refractivity contribution in [3.63, 3.8) is 0 Å². The number of allylic oxidation sites excluding steroid dienone is 2. The van der Waals surface area contributed by atoms with Gasteiger partial charge in [-0.25, -0.2) is 4.39 Å². The molecule has 4 heteroatoms. The van der Waals surface area contributed by atoms with Gasteiger partial charge in [0.15, 0.2) is 0 Å². The lowest BCUT2D eigenvalue weighted by atomic mass is 9.93. The fourth-order valence-corrected chi connectivity index (χ4v) is 4.09. The van der Waals surface area contributed by atoms with Crippen molar-refractivity contribution < 1.29 is 9.18 Å². The molecule has 3 nitrogen and oxygen atoms in total. The van der Waals surface area contributed by atoms with Crippen LogP contribution in [0.15, 0.2) is 104 Å². The molecule has 3 aromatic carbocycles. The molecule has 0 heterocycles. The number of halogens is 1. The third-order valence-electron chi connectivity index (χ3n) is 6.13. The van der Waals surface area contributed by atoms with E-state index in [4.69, 9.17) is 0 Å². The van der Waals surface area contributed by atoms with Gasteiger partial charge in [-0.1, -0.05) is 85.5 Å². The predicted molar refractivity (Wildman–Crippen MR) is 142 cm³/mol. The first-order valence-electron chi connectivity index (χ1n) is 12.2. The van der Waals surface area contributed by atoms with Crippen molar-refractivity contribution in [1.29, 1.82) is 0 Å². The second kappa shape index (κ2) is 13.9. The van der Waals surface area contributed by atoms with Crippen molar-refractivity contribution in [1.82, 2.24) is 10.6 Å². The van der Waals surface area contributed by atoms with Crippen LogP contribution < -0.4 is 10.6 Å². The first-order valence-corrected chi connectivity index (χ1v) is 12.2. The summed E-state index contributed by atoms with van der Waals surface area (Å²) in [6.07, 6.45) is 5.83. The van der Waals surface area contributed by atoms with Crippen LogP contribution in [0.4, 0.5) is 4.39 Å². The van der Waals surface area contributed by atoms with Crippen molar-refractivity contribution >= 4 is 5.91 Å². The third-order valence-corrected chi connectivity index (χ3v) is 6.13. The van der Waals surface area contributed by atoms with Gasteiger partial charge in [0.25, 0.3) is 0 Å². The zero-order valence-corrected chi connectivity index (χ0v) is 20.3. The largest absolute Gasteiger partial charge is 0.380 e. The molecule has 2 N–H and O–H groups in total. The highest BCUT2D eigenvalue weighted by molar-refractivity contribution is 5.78. The molecule has 0 fully saturated rings. The molecule has 1 amide bonds. The van der Waals surface area contributed by atoms with Crippen molar-refractivity contribution in [2.24, 2.45) is 5.92 Å². The van der Waals surface area contributed by atoms with Crippen molar-refractivity contribution in [3.8, 4) is 0 Å². The first kappa shape index (κ1) is 26.0. The maximum absolute atomic E-state index is 14.6. The molecule has 3 rings (SSSR count). The van der Waals surface area contributed by atoms with Gasteiger partial charge in [-0.2, -0.15) is 0 Å². The van der Waals surface area contributed by atoms with Crippen LogP contribution in [0.25, 0.3) is 0 Å². The quantitative estimate of drug-likeness (QED) is 0.270. The summed E-state index contributed by atoms with van der Waals surface area (Å²) in [4.78, 5) is 12.2. The standard InChI is InChI=1S/C31H35FN2O/c1-3-11-28(24(2)33-23-31(35)34-22-27-14-8-5-9-15-27)17-10-16-26-18-19-29(30(32)21-26)20-25-12-6-4-7-13-25/h3-9,12-15,18-19,21,28,33H,1-2,10-11,16-17,20,22-23H2,(H,34,35). The van der Waals surface area contributed by atoms with Crippen molar-refractivity contribution in [2.45, 2.75) is 38.6 Å². The molecular weight excluding hydrogens is 435 g/mol. The van der Waals surface area contributed by atoms with E-state index in [0.29, 0.717) is 18.5 Å². The summed E-state index contributed by atoms with van der Waals surface area (Å²) in [5.41, 5.74) is 4.72. The molecule has 0 spiro atoms. The lowest BCUT2D eigenvalue weighted by molar-refractivity contribution is -0.120. The fourth-order valence-electron chi connectivity index (χ4n) is 4.09. The molecule has 0 radical (unpaired) electrons. The normalized spacial score (nSPS) is 11.5. The number of carbonyl (C=O) groups excluding carboxylic acids is 1.